The Balaban J connectivity index is 1.34. The molecule has 2 aromatic carbocycles. The molecule has 0 radical (unpaired) electrons. The van der Waals surface area contributed by atoms with Gasteiger partial charge in [0.05, 0.1) is 31.6 Å². The Morgan fingerprint density at radius 1 is 1.08 bits per heavy atom. The summed E-state index contributed by atoms with van der Waals surface area (Å²) in [6.45, 7) is 2.65. The molecule has 2 N–H and O–H groups in total. The second-order valence-electron chi connectivity index (χ2n) is 9.43. The Hall–Kier alpha value is -3.20. The van der Waals surface area contributed by atoms with Crippen LogP contribution < -0.4 is 9.47 Å². The van der Waals surface area contributed by atoms with Crippen molar-refractivity contribution in [2.24, 2.45) is 0 Å². The van der Waals surface area contributed by atoms with E-state index in [2.05, 4.69) is 11.1 Å². The first-order valence-electron chi connectivity index (χ1n) is 12.8. The Kier molecular flexibility index (Phi) is 8.12. The van der Waals surface area contributed by atoms with E-state index >= 15 is 0 Å². The lowest BCUT2D eigenvalue weighted by Crippen LogP contribution is -2.26. The van der Waals surface area contributed by atoms with Crippen molar-refractivity contribution >= 4 is 10.8 Å². The quantitative estimate of drug-likeness (QED) is 0.395. The van der Waals surface area contributed by atoms with Crippen LogP contribution in [-0.4, -0.2) is 62.9 Å². The van der Waals surface area contributed by atoms with E-state index in [0.29, 0.717) is 66.2 Å². The lowest BCUT2D eigenvalue weighted by Gasteiger charge is -2.41. The predicted molar refractivity (Wildman–Crippen MR) is 144 cm³/mol. The molecule has 38 heavy (non-hydrogen) atoms. The molecule has 0 unspecified atom stereocenters. The maximum atomic E-state index is 10.9. The van der Waals surface area contributed by atoms with Crippen LogP contribution >= 0.6 is 10.8 Å². The Labute approximate surface area is 224 Å². The molecular formula is C28H32N4O5S. The molecule has 9 nitrogen and oxygen atoms in total. The molecule has 0 bridgehead atoms. The van der Waals surface area contributed by atoms with Gasteiger partial charge in [0, 0.05) is 44.1 Å². The van der Waals surface area contributed by atoms with Gasteiger partial charge in [0.2, 0.25) is 0 Å². The fourth-order valence-corrected chi connectivity index (χ4v) is 6.52. The first kappa shape index (κ1) is 26.4. The van der Waals surface area contributed by atoms with Gasteiger partial charge in [0.1, 0.15) is 34.4 Å². The zero-order chi connectivity index (χ0) is 26.5. The van der Waals surface area contributed by atoms with Crippen molar-refractivity contribution in [2.75, 3.05) is 33.4 Å². The topological polar surface area (TPSA) is 121 Å². The molecule has 3 heterocycles. The van der Waals surface area contributed by atoms with Gasteiger partial charge in [-0.2, -0.15) is 5.26 Å². The maximum absolute atomic E-state index is 10.9. The fraction of sp³-hybridized carbons (Fsp3) is 0.393. The molecular weight excluding hydrogens is 504 g/mol. The largest absolute Gasteiger partial charge is 0.495 e. The third-order valence-corrected chi connectivity index (χ3v) is 8.89. The summed E-state index contributed by atoms with van der Waals surface area (Å²) in [5.74, 6) is 1.61. The number of hydrogen-bond acceptors (Lipinski definition) is 9. The van der Waals surface area contributed by atoms with Gasteiger partial charge >= 0.3 is 0 Å². The van der Waals surface area contributed by atoms with Crippen molar-refractivity contribution in [3.63, 3.8) is 0 Å². The SMILES string of the molecule is COc1cc(Cc2nccc(-c3ccc(OC4CCOCC4)c(C#N)c3)n2)ccc1S(O)(O)N1CCCC1. The van der Waals surface area contributed by atoms with Gasteiger partial charge in [-0.05, 0) is 54.8 Å². The molecule has 2 fully saturated rings. The molecule has 2 aliphatic rings. The Morgan fingerprint density at radius 2 is 1.87 bits per heavy atom. The second-order valence-corrected chi connectivity index (χ2v) is 11.4. The molecule has 10 heteroatoms. The maximum Gasteiger partial charge on any atom is 0.143 e. The number of ether oxygens (including phenoxy) is 3. The van der Waals surface area contributed by atoms with E-state index in [1.807, 2.05) is 30.3 Å². The summed E-state index contributed by atoms with van der Waals surface area (Å²) in [7, 11) is -1.57. The van der Waals surface area contributed by atoms with E-state index < -0.39 is 10.8 Å². The lowest BCUT2D eigenvalue weighted by molar-refractivity contribution is 0.0254. The van der Waals surface area contributed by atoms with Gasteiger partial charge in [-0.15, -0.1) is 10.8 Å². The van der Waals surface area contributed by atoms with Gasteiger partial charge in [-0.3, -0.25) is 9.11 Å². The number of methoxy groups -OCH3 is 1. The van der Waals surface area contributed by atoms with Crippen molar-refractivity contribution < 1.29 is 23.3 Å². The first-order valence-corrected chi connectivity index (χ1v) is 14.3. The average Bonchev–Trinajstić information content (AvgIpc) is 3.50. The molecule has 5 rings (SSSR count). The fourth-order valence-electron chi connectivity index (χ4n) is 4.81. The standard InChI is InChI=1S/C28H32N4O5S/c1-35-26-16-20(4-7-27(26)38(33,34)32-12-2-3-13-32)17-28-30-11-8-24(31-28)21-5-6-25(22(18-21)19-29)37-23-9-14-36-15-10-23/h4-8,11,16,18,23,33-34H,2-3,9-10,12-15,17H2,1H3. The minimum absolute atomic E-state index is 0.0505. The molecule has 200 valence electrons. The number of rotatable bonds is 8. The van der Waals surface area contributed by atoms with E-state index in [-0.39, 0.29) is 6.10 Å². The first-order chi connectivity index (χ1) is 18.5. The summed E-state index contributed by atoms with van der Waals surface area (Å²) in [5.41, 5.74) is 2.86. The van der Waals surface area contributed by atoms with Gasteiger partial charge in [-0.25, -0.2) is 14.3 Å². The van der Waals surface area contributed by atoms with Crippen LogP contribution in [0.25, 0.3) is 11.3 Å². The van der Waals surface area contributed by atoms with Crippen molar-refractivity contribution in [1.82, 2.24) is 14.3 Å². The Bertz CT molecular complexity index is 1320. The summed E-state index contributed by atoms with van der Waals surface area (Å²) < 4.78 is 40.6. The van der Waals surface area contributed by atoms with Gasteiger partial charge in [0.25, 0.3) is 0 Å². The summed E-state index contributed by atoms with van der Waals surface area (Å²) >= 11 is 0. The average molecular weight is 537 g/mol. The van der Waals surface area contributed by atoms with Crippen LogP contribution in [0, 0.1) is 11.3 Å². The van der Waals surface area contributed by atoms with Crippen molar-refractivity contribution in [2.45, 2.75) is 43.1 Å². The number of nitrogens with zero attached hydrogens (tertiary/aromatic N) is 4. The summed E-state index contributed by atoms with van der Waals surface area (Å²) in [6.07, 6.45) is 5.71. The minimum Gasteiger partial charge on any atom is -0.495 e. The van der Waals surface area contributed by atoms with Crippen LogP contribution in [0.2, 0.25) is 0 Å². The molecule has 0 aliphatic carbocycles. The van der Waals surface area contributed by atoms with Crippen LogP contribution in [0.1, 0.15) is 42.6 Å². The predicted octanol–water partition coefficient (Wildman–Crippen LogP) is 5.29. The molecule has 1 aromatic heterocycles. The molecule has 0 amide bonds. The number of nitriles is 1. The minimum atomic E-state index is -3.10. The normalized spacial score (nSPS) is 17.2. The van der Waals surface area contributed by atoms with E-state index in [1.165, 1.54) is 7.11 Å². The van der Waals surface area contributed by atoms with E-state index in [1.54, 1.807) is 22.6 Å². The van der Waals surface area contributed by atoms with Crippen LogP contribution in [0.4, 0.5) is 0 Å². The van der Waals surface area contributed by atoms with Crippen LogP contribution in [0.3, 0.4) is 0 Å². The van der Waals surface area contributed by atoms with Crippen molar-refractivity contribution in [1.29, 1.82) is 5.26 Å². The third-order valence-electron chi connectivity index (χ3n) is 6.87. The zero-order valence-electron chi connectivity index (χ0n) is 21.4. The summed E-state index contributed by atoms with van der Waals surface area (Å²) in [5, 5.41) is 9.73. The smallest absolute Gasteiger partial charge is 0.143 e. The lowest BCUT2D eigenvalue weighted by atomic mass is 10.1. The van der Waals surface area contributed by atoms with E-state index in [4.69, 9.17) is 19.2 Å². The van der Waals surface area contributed by atoms with Crippen LogP contribution in [0.15, 0.2) is 53.6 Å². The van der Waals surface area contributed by atoms with Gasteiger partial charge in [0.15, 0.2) is 0 Å². The Morgan fingerprint density at radius 3 is 2.61 bits per heavy atom. The van der Waals surface area contributed by atoms with E-state index in [9.17, 15) is 14.4 Å². The zero-order valence-corrected chi connectivity index (χ0v) is 22.2. The van der Waals surface area contributed by atoms with Gasteiger partial charge in [-0.1, -0.05) is 6.07 Å². The van der Waals surface area contributed by atoms with Crippen molar-refractivity contribution in [3.05, 3.63) is 65.6 Å². The highest BCUT2D eigenvalue weighted by atomic mass is 32.3. The molecule has 0 atom stereocenters. The molecule has 2 saturated heterocycles. The molecule has 0 spiro atoms. The second kappa shape index (κ2) is 11.7. The number of hydrogen-bond donors (Lipinski definition) is 2. The highest BCUT2D eigenvalue weighted by Crippen LogP contribution is 2.56. The van der Waals surface area contributed by atoms with Crippen LogP contribution in [-0.2, 0) is 11.2 Å². The van der Waals surface area contributed by atoms with Crippen molar-refractivity contribution in [3.8, 4) is 28.8 Å². The highest BCUT2D eigenvalue weighted by Gasteiger charge is 2.30. The summed E-state index contributed by atoms with van der Waals surface area (Å²) in [4.78, 5) is 9.56. The molecule has 2 aliphatic heterocycles. The molecule has 3 aromatic rings. The number of aromatic nitrogens is 2. The summed E-state index contributed by atoms with van der Waals surface area (Å²) in [6, 6.07) is 15.0. The molecule has 0 saturated carbocycles. The number of benzene rings is 2. The highest BCUT2D eigenvalue weighted by molar-refractivity contribution is 8.22. The third kappa shape index (κ3) is 5.77. The van der Waals surface area contributed by atoms with E-state index in [0.717, 1.165) is 36.8 Å². The monoisotopic (exact) mass is 536 g/mol. The van der Waals surface area contributed by atoms with Crippen LogP contribution in [0.5, 0.6) is 11.5 Å². The van der Waals surface area contributed by atoms with Gasteiger partial charge < -0.3 is 14.2 Å².